The summed E-state index contributed by atoms with van der Waals surface area (Å²) in [6.07, 6.45) is -2.82. The monoisotopic (exact) mass is 302 g/mol. The molecule has 0 saturated heterocycles. The van der Waals surface area contributed by atoms with E-state index in [2.05, 4.69) is 14.7 Å². The second kappa shape index (κ2) is 6.19. The number of nitrogens with two attached hydrogens (primary N) is 1. The summed E-state index contributed by atoms with van der Waals surface area (Å²) in [4.78, 5) is 3.42. The van der Waals surface area contributed by atoms with E-state index in [0.717, 1.165) is 18.4 Å². The SMILES string of the molecule is NCCCc1cccc(Nc2nc(C(F)(F)F)ns2)c1. The van der Waals surface area contributed by atoms with Gasteiger partial charge in [0.25, 0.3) is 0 Å². The van der Waals surface area contributed by atoms with E-state index < -0.39 is 12.0 Å². The van der Waals surface area contributed by atoms with E-state index in [4.69, 9.17) is 5.73 Å². The number of aromatic nitrogens is 2. The zero-order chi connectivity index (χ0) is 14.6. The lowest BCUT2D eigenvalue weighted by atomic mass is 10.1. The van der Waals surface area contributed by atoms with E-state index in [-0.39, 0.29) is 5.13 Å². The van der Waals surface area contributed by atoms with Crippen molar-refractivity contribution in [1.29, 1.82) is 0 Å². The van der Waals surface area contributed by atoms with Crippen molar-refractivity contribution >= 4 is 22.4 Å². The number of rotatable bonds is 5. The number of hydrogen-bond donors (Lipinski definition) is 2. The molecule has 1 aromatic heterocycles. The van der Waals surface area contributed by atoms with Crippen LogP contribution in [-0.4, -0.2) is 15.9 Å². The predicted molar refractivity (Wildman–Crippen MR) is 72.0 cm³/mol. The van der Waals surface area contributed by atoms with Crippen LogP contribution in [0.2, 0.25) is 0 Å². The Morgan fingerprint density at radius 2 is 2.10 bits per heavy atom. The normalized spacial score (nSPS) is 11.6. The van der Waals surface area contributed by atoms with Gasteiger partial charge in [-0.25, -0.2) is 0 Å². The third-order valence-corrected chi connectivity index (χ3v) is 3.16. The van der Waals surface area contributed by atoms with Crippen LogP contribution in [0.5, 0.6) is 0 Å². The van der Waals surface area contributed by atoms with E-state index in [1.54, 1.807) is 6.07 Å². The third kappa shape index (κ3) is 3.91. The van der Waals surface area contributed by atoms with Gasteiger partial charge in [0, 0.05) is 17.2 Å². The van der Waals surface area contributed by atoms with Crippen LogP contribution in [0.4, 0.5) is 24.0 Å². The van der Waals surface area contributed by atoms with Gasteiger partial charge in [-0.05, 0) is 37.1 Å². The highest BCUT2D eigenvalue weighted by molar-refractivity contribution is 7.09. The van der Waals surface area contributed by atoms with Crippen molar-refractivity contribution in [2.45, 2.75) is 19.0 Å². The number of alkyl halides is 3. The molecule has 0 aliphatic carbocycles. The first-order valence-electron chi connectivity index (χ1n) is 5.96. The molecule has 0 saturated carbocycles. The molecule has 4 nitrogen and oxygen atoms in total. The van der Waals surface area contributed by atoms with E-state index in [0.29, 0.717) is 23.8 Å². The van der Waals surface area contributed by atoms with E-state index in [9.17, 15) is 13.2 Å². The molecule has 0 aliphatic rings. The number of nitrogens with one attached hydrogen (secondary N) is 1. The maximum atomic E-state index is 12.4. The Labute approximate surface area is 118 Å². The Bertz CT molecular complexity index is 568. The molecule has 0 spiro atoms. The van der Waals surface area contributed by atoms with Crippen LogP contribution in [0.3, 0.4) is 0 Å². The Morgan fingerprint density at radius 1 is 1.30 bits per heavy atom. The molecular formula is C12H13F3N4S. The minimum Gasteiger partial charge on any atom is -0.330 e. The fraction of sp³-hybridized carbons (Fsp3) is 0.333. The molecule has 3 N–H and O–H groups in total. The maximum absolute atomic E-state index is 12.4. The highest BCUT2D eigenvalue weighted by Gasteiger charge is 2.36. The molecule has 0 fully saturated rings. The van der Waals surface area contributed by atoms with E-state index in [1.165, 1.54) is 0 Å². The van der Waals surface area contributed by atoms with Gasteiger partial charge in [0.05, 0.1) is 0 Å². The molecule has 0 amide bonds. The molecule has 1 heterocycles. The summed E-state index contributed by atoms with van der Waals surface area (Å²) in [7, 11) is 0. The van der Waals surface area contributed by atoms with Crippen molar-refractivity contribution in [2.24, 2.45) is 5.73 Å². The largest absolute Gasteiger partial charge is 0.452 e. The third-order valence-electron chi connectivity index (χ3n) is 2.53. The van der Waals surface area contributed by atoms with Crippen molar-refractivity contribution in [2.75, 3.05) is 11.9 Å². The van der Waals surface area contributed by atoms with Gasteiger partial charge < -0.3 is 11.1 Å². The van der Waals surface area contributed by atoms with Crippen molar-refractivity contribution in [3.05, 3.63) is 35.7 Å². The molecule has 0 unspecified atom stereocenters. The predicted octanol–water partition coefficient (Wildman–Crippen LogP) is 3.19. The second-order valence-corrected chi connectivity index (χ2v) is 4.89. The minimum absolute atomic E-state index is 0.119. The summed E-state index contributed by atoms with van der Waals surface area (Å²) in [6, 6.07) is 7.41. The first-order chi connectivity index (χ1) is 9.49. The van der Waals surface area contributed by atoms with Gasteiger partial charge in [0.2, 0.25) is 11.0 Å². The molecular weight excluding hydrogens is 289 g/mol. The second-order valence-electron chi connectivity index (χ2n) is 4.14. The Kier molecular flexibility index (Phi) is 4.56. The highest BCUT2D eigenvalue weighted by atomic mass is 32.1. The summed E-state index contributed by atoms with van der Waals surface area (Å²) in [5, 5.41) is 2.95. The zero-order valence-electron chi connectivity index (χ0n) is 10.4. The topological polar surface area (TPSA) is 63.8 Å². The van der Waals surface area contributed by atoms with Gasteiger partial charge in [-0.3, -0.25) is 0 Å². The fourth-order valence-corrected chi connectivity index (χ4v) is 2.23. The molecule has 0 atom stereocenters. The van der Waals surface area contributed by atoms with Gasteiger partial charge >= 0.3 is 6.18 Å². The number of hydrogen-bond acceptors (Lipinski definition) is 5. The molecule has 8 heteroatoms. The lowest BCUT2D eigenvalue weighted by molar-refractivity contribution is -0.144. The summed E-state index contributed by atoms with van der Waals surface area (Å²) < 4.78 is 40.4. The van der Waals surface area contributed by atoms with Gasteiger partial charge in [0.15, 0.2) is 0 Å². The summed E-state index contributed by atoms with van der Waals surface area (Å²) >= 11 is 0.683. The molecule has 20 heavy (non-hydrogen) atoms. The Balaban J connectivity index is 2.08. The smallest absolute Gasteiger partial charge is 0.330 e. The average Bonchev–Trinajstić information content (AvgIpc) is 2.85. The van der Waals surface area contributed by atoms with Crippen LogP contribution in [0.1, 0.15) is 17.8 Å². The molecule has 1 aromatic carbocycles. The summed E-state index contributed by atoms with van der Waals surface area (Å²) in [5.41, 5.74) is 7.20. The molecule has 0 bridgehead atoms. The van der Waals surface area contributed by atoms with Crippen LogP contribution in [0.15, 0.2) is 24.3 Å². The van der Waals surface area contributed by atoms with Crippen LogP contribution in [-0.2, 0) is 12.6 Å². The average molecular weight is 302 g/mol. The highest BCUT2D eigenvalue weighted by Crippen LogP contribution is 2.30. The maximum Gasteiger partial charge on any atom is 0.452 e. The lowest BCUT2D eigenvalue weighted by Gasteiger charge is -2.05. The van der Waals surface area contributed by atoms with Gasteiger partial charge in [0.1, 0.15) is 0 Å². The van der Waals surface area contributed by atoms with Crippen LogP contribution >= 0.6 is 11.5 Å². The standard InChI is InChI=1S/C12H13F3N4S/c13-12(14,15)10-18-11(20-19-10)17-9-5-1-3-8(7-9)4-2-6-16/h1,3,5,7H,2,4,6,16H2,(H,17,18,19). The quantitative estimate of drug-likeness (QED) is 0.890. The lowest BCUT2D eigenvalue weighted by Crippen LogP contribution is -2.07. The van der Waals surface area contributed by atoms with Crippen LogP contribution in [0, 0.1) is 0 Å². The minimum atomic E-state index is -4.51. The fourth-order valence-electron chi connectivity index (χ4n) is 1.62. The number of benzene rings is 1. The van der Waals surface area contributed by atoms with E-state index >= 15 is 0 Å². The van der Waals surface area contributed by atoms with Gasteiger partial charge in [-0.1, -0.05) is 12.1 Å². The molecule has 108 valence electrons. The first-order valence-corrected chi connectivity index (χ1v) is 6.73. The summed E-state index contributed by atoms with van der Waals surface area (Å²) in [5.74, 6) is -1.12. The van der Waals surface area contributed by atoms with Crippen LogP contribution < -0.4 is 11.1 Å². The first kappa shape index (κ1) is 14.7. The molecule has 0 radical (unpaired) electrons. The Hall–Kier alpha value is -1.67. The molecule has 2 aromatic rings. The van der Waals surface area contributed by atoms with Gasteiger partial charge in [-0.2, -0.15) is 22.5 Å². The Morgan fingerprint density at radius 3 is 2.75 bits per heavy atom. The number of nitrogens with zero attached hydrogens (tertiary/aromatic N) is 2. The number of halogens is 3. The number of aryl methyl sites for hydroxylation is 1. The molecule has 0 aliphatic heterocycles. The van der Waals surface area contributed by atoms with Crippen molar-refractivity contribution < 1.29 is 13.2 Å². The molecule has 2 rings (SSSR count). The summed E-state index contributed by atoms with van der Waals surface area (Å²) in [6.45, 7) is 0.600. The zero-order valence-corrected chi connectivity index (χ0v) is 11.3. The van der Waals surface area contributed by atoms with Crippen molar-refractivity contribution in [1.82, 2.24) is 9.36 Å². The number of anilines is 2. The van der Waals surface area contributed by atoms with Crippen molar-refractivity contribution in [3.8, 4) is 0 Å². The van der Waals surface area contributed by atoms with Gasteiger partial charge in [-0.15, -0.1) is 0 Å². The van der Waals surface area contributed by atoms with E-state index in [1.807, 2.05) is 18.2 Å². The van der Waals surface area contributed by atoms with Crippen LogP contribution in [0.25, 0.3) is 0 Å². The van der Waals surface area contributed by atoms with Crippen molar-refractivity contribution in [3.63, 3.8) is 0 Å².